The summed E-state index contributed by atoms with van der Waals surface area (Å²) in [6.07, 6.45) is 0. The van der Waals surface area contributed by atoms with Gasteiger partial charge in [-0.2, -0.15) is 0 Å². The minimum atomic E-state index is 0.867. The molecule has 2 aromatic heterocycles. The Morgan fingerprint density at radius 3 is 1.60 bits per heavy atom. The third-order valence-electron chi connectivity index (χ3n) is 8.47. The van der Waals surface area contributed by atoms with Crippen LogP contribution in [-0.4, -0.2) is 9.97 Å². The highest BCUT2D eigenvalue weighted by Crippen LogP contribution is 2.41. The summed E-state index contributed by atoms with van der Waals surface area (Å²) in [5.74, 6) is 0. The van der Waals surface area contributed by atoms with Gasteiger partial charge in [0.2, 0.25) is 0 Å². The molecule has 0 fully saturated rings. The van der Waals surface area contributed by atoms with Crippen molar-refractivity contribution in [2.45, 2.75) is 0 Å². The van der Waals surface area contributed by atoms with E-state index in [1.165, 1.54) is 10.8 Å². The summed E-state index contributed by atoms with van der Waals surface area (Å²) in [5, 5.41) is 6.81. The van der Waals surface area contributed by atoms with Crippen molar-refractivity contribution in [3.8, 4) is 33.6 Å². The largest absolute Gasteiger partial charge is 0.456 e. The van der Waals surface area contributed by atoms with E-state index in [1.54, 1.807) is 0 Å². The molecule has 200 valence electrons. The second-order valence-corrected chi connectivity index (χ2v) is 10.9. The lowest BCUT2D eigenvalue weighted by molar-refractivity contribution is 0.669. The van der Waals surface area contributed by atoms with E-state index < -0.39 is 0 Å². The predicted octanol–water partition coefficient (Wildman–Crippen LogP) is 10.8. The van der Waals surface area contributed by atoms with Gasteiger partial charge in [0.1, 0.15) is 11.2 Å². The summed E-state index contributed by atoms with van der Waals surface area (Å²) in [4.78, 5) is 10.9. The van der Waals surface area contributed by atoms with Gasteiger partial charge in [0.15, 0.2) is 0 Å². The average Bonchev–Trinajstić information content (AvgIpc) is 3.46. The van der Waals surface area contributed by atoms with Crippen LogP contribution in [0.25, 0.3) is 88.2 Å². The van der Waals surface area contributed by atoms with E-state index in [0.29, 0.717) is 0 Å². The van der Waals surface area contributed by atoms with Gasteiger partial charge in [0.05, 0.1) is 22.4 Å². The van der Waals surface area contributed by atoms with E-state index in [1.807, 2.05) is 18.2 Å². The highest BCUT2D eigenvalue weighted by molar-refractivity contribution is 6.23. The van der Waals surface area contributed by atoms with E-state index in [-0.39, 0.29) is 0 Å². The van der Waals surface area contributed by atoms with Crippen LogP contribution < -0.4 is 0 Å². The van der Waals surface area contributed by atoms with Gasteiger partial charge in [-0.25, -0.2) is 9.97 Å². The van der Waals surface area contributed by atoms with E-state index in [0.717, 1.165) is 77.4 Å². The van der Waals surface area contributed by atoms with Crippen LogP contribution in [0.2, 0.25) is 0 Å². The molecule has 9 aromatic rings. The zero-order valence-corrected chi connectivity index (χ0v) is 23.2. The van der Waals surface area contributed by atoms with Gasteiger partial charge in [-0.15, -0.1) is 0 Å². The molecule has 0 unspecified atom stereocenters. The first-order chi connectivity index (χ1) is 21.3. The lowest BCUT2D eigenvalue weighted by atomic mass is 9.93. The van der Waals surface area contributed by atoms with Crippen molar-refractivity contribution in [2.75, 3.05) is 0 Å². The van der Waals surface area contributed by atoms with Crippen LogP contribution in [0.5, 0.6) is 0 Å². The first kappa shape index (κ1) is 23.9. The Hall–Kier alpha value is -5.80. The van der Waals surface area contributed by atoms with E-state index in [4.69, 9.17) is 14.4 Å². The van der Waals surface area contributed by atoms with Gasteiger partial charge in [0, 0.05) is 32.7 Å². The van der Waals surface area contributed by atoms with Crippen LogP contribution in [0.1, 0.15) is 0 Å². The Morgan fingerprint density at radius 2 is 0.884 bits per heavy atom. The number of furan rings is 1. The van der Waals surface area contributed by atoms with Gasteiger partial charge in [-0.1, -0.05) is 127 Å². The van der Waals surface area contributed by atoms with Crippen molar-refractivity contribution >= 4 is 54.5 Å². The van der Waals surface area contributed by atoms with Crippen LogP contribution in [0, 0.1) is 0 Å². The monoisotopic (exact) mass is 548 g/mol. The molecule has 3 heteroatoms. The maximum absolute atomic E-state index is 6.14. The van der Waals surface area contributed by atoms with E-state index in [9.17, 15) is 0 Å². The SMILES string of the molecule is c1ccc(-c2nc3c4ccccc4c4ccccc4c3nc2-c2ccccc2-c2ccc3oc4ccccc4c3c2)cc1. The maximum atomic E-state index is 6.14. The molecule has 0 atom stereocenters. The highest BCUT2D eigenvalue weighted by atomic mass is 16.3. The van der Waals surface area contributed by atoms with Crippen molar-refractivity contribution in [1.29, 1.82) is 0 Å². The van der Waals surface area contributed by atoms with Crippen LogP contribution in [0.15, 0.2) is 150 Å². The van der Waals surface area contributed by atoms with Gasteiger partial charge in [-0.3, -0.25) is 0 Å². The van der Waals surface area contributed by atoms with Crippen LogP contribution >= 0.6 is 0 Å². The second kappa shape index (κ2) is 9.37. The molecule has 0 aliphatic carbocycles. The molecular weight excluding hydrogens is 524 g/mol. The molecular formula is C40H24N2O. The second-order valence-electron chi connectivity index (χ2n) is 10.9. The van der Waals surface area contributed by atoms with E-state index in [2.05, 4.69) is 127 Å². The topological polar surface area (TPSA) is 38.9 Å². The Morgan fingerprint density at radius 1 is 0.349 bits per heavy atom. The fourth-order valence-corrected chi connectivity index (χ4v) is 6.48. The molecule has 7 aromatic carbocycles. The molecule has 3 nitrogen and oxygen atoms in total. The van der Waals surface area contributed by atoms with Gasteiger partial charge in [0.25, 0.3) is 0 Å². The Kier molecular flexibility index (Phi) is 5.20. The maximum Gasteiger partial charge on any atom is 0.135 e. The number of para-hydroxylation sites is 1. The number of rotatable bonds is 3. The lowest BCUT2D eigenvalue weighted by Gasteiger charge is -2.16. The van der Waals surface area contributed by atoms with Crippen LogP contribution in [0.3, 0.4) is 0 Å². The molecule has 0 saturated heterocycles. The fourth-order valence-electron chi connectivity index (χ4n) is 6.48. The first-order valence-corrected chi connectivity index (χ1v) is 14.5. The number of nitrogens with zero attached hydrogens (tertiary/aromatic N) is 2. The summed E-state index contributed by atoms with van der Waals surface area (Å²) in [5.41, 5.74) is 9.64. The third kappa shape index (κ3) is 3.68. The predicted molar refractivity (Wildman–Crippen MR) is 178 cm³/mol. The van der Waals surface area contributed by atoms with E-state index >= 15 is 0 Å². The average molecular weight is 549 g/mol. The fraction of sp³-hybridized carbons (Fsp3) is 0. The summed E-state index contributed by atoms with van der Waals surface area (Å²) in [6, 6.07) is 50.6. The summed E-state index contributed by atoms with van der Waals surface area (Å²) in [7, 11) is 0. The highest BCUT2D eigenvalue weighted by Gasteiger charge is 2.20. The standard InChI is InChI=1S/C40H24N2O/c1-2-12-25(13-3-1)37-38(42-40-33-20-9-6-16-29(33)28-15-5-8-19-32(28)39(40)41-37)31-18-7-4-14-27(31)26-22-23-36-34(24-26)30-17-10-11-21-35(30)43-36/h1-24H. The molecule has 0 saturated carbocycles. The van der Waals surface area contributed by atoms with Crippen molar-refractivity contribution in [2.24, 2.45) is 0 Å². The smallest absolute Gasteiger partial charge is 0.135 e. The molecule has 0 radical (unpaired) electrons. The third-order valence-corrected chi connectivity index (χ3v) is 8.47. The molecule has 0 aliphatic heterocycles. The molecule has 43 heavy (non-hydrogen) atoms. The number of fused-ring (bicyclic) bond motifs is 9. The zero-order valence-electron chi connectivity index (χ0n) is 23.2. The van der Waals surface area contributed by atoms with Crippen molar-refractivity contribution in [3.05, 3.63) is 146 Å². The Labute approximate surface area is 247 Å². The van der Waals surface area contributed by atoms with Gasteiger partial charge in [-0.05, 0) is 40.1 Å². The first-order valence-electron chi connectivity index (χ1n) is 14.5. The van der Waals surface area contributed by atoms with Crippen LogP contribution in [0.4, 0.5) is 0 Å². The summed E-state index contributed by atoms with van der Waals surface area (Å²) in [6.45, 7) is 0. The minimum Gasteiger partial charge on any atom is -0.456 e. The van der Waals surface area contributed by atoms with Gasteiger partial charge < -0.3 is 4.42 Å². The number of aromatic nitrogens is 2. The van der Waals surface area contributed by atoms with Gasteiger partial charge >= 0.3 is 0 Å². The number of benzene rings is 7. The minimum absolute atomic E-state index is 0.867. The molecule has 0 spiro atoms. The molecule has 0 N–H and O–H groups in total. The zero-order chi connectivity index (χ0) is 28.3. The molecule has 2 heterocycles. The Balaban J connectivity index is 1.38. The quantitative estimate of drug-likeness (QED) is 0.206. The summed E-state index contributed by atoms with van der Waals surface area (Å²) < 4.78 is 6.14. The number of hydrogen-bond donors (Lipinski definition) is 0. The lowest BCUT2D eigenvalue weighted by Crippen LogP contribution is -1.98. The molecule has 0 aliphatic rings. The normalized spacial score (nSPS) is 11.7. The Bertz CT molecular complexity index is 2510. The number of hydrogen-bond acceptors (Lipinski definition) is 3. The summed E-state index contributed by atoms with van der Waals surface area (Å²) >= 11 is 0. The molecule has 0 bridgehead atoms. The molecule has 0 amide bonds. The van der Waals surface area contributed by atoms with Crippen molar-refractivity contribution < 1.29 is 4.42 Å². The molecule has 9 rings (SSSR count). The van der Waals surface area contributed by atoms with Crippen LogP contribution in [-0.2, 0) is 0 Å². The van der Waals surface area contributed by atoms with Crippen molar-refractivity contribution in [3.63, 3.8) is 0 Å². The van der Waals surface area contributed by atoms with Crippen molar-refractivity contribution in [1.82, 2.24) is 9.97 Å².